The minimum absolute atomic E-state index is 0.236. The van der Waals surface area contributed by atoms with Crippen molar-refractivity contribution in [1.82, 2.24) is 5.48 Å². The summed E-state index contributed by atoms with van der Waals surface area (Å²) in [7, 11) is 0. The Morgan fingerprint density at radius 1 is 1.88 bits per heavy atom. The average Bonchev–Trinajstić information content (AvgIpc) is 1.83. The van der Waals surface area contributed by atoms with Gasteiger partial charge in [-0.2, -0.15) is 5.48 Å². The van der Waals surface area contributed by atoms with Crippen molar-refractivity contribution in [2.24, 2.45) is 0 Å². The molecule has 0 aromatic carbocycles. The highest BCUT2D eigenvalue weighted by molar-refractivity contribution is 5.66. The van der Waals surface area contributed by atoms with Crippen molar-refractivity contribution in [2.75, 3.05) is 0 Å². The number of hydrogen-bond donors (Lipinski definition) is 3. The fraction of sp³-hybridized carbons (Fsp3) is 0.500. The van der Waals surface area contributed by atoms with Gasteiger partial charge in [-0.15, -0.1) is 0 Å². The van der Waals surface area contributed by atoms with Gasteiger partial charge in [0.15, 0.2) is 0 Å². The molecule has 0 radical (unpaired) electrons. The van der Waals surface area contributed by atoms with E-state index in [4.69, 9.17) is 10.6 Å². The van der Waals surface area contributed by atoms with Crippen molar-refractivity contribution in [3.63, 3.8) is 0 Å². The lowest BCUT2D eigenvalue weighted by Crippen LogP contribution is -2.27. The zero-order valence-electron chi connectivity index (χ0n) is 4.29. The van der Waals surface area contributed by atoms with Gasteiger partial charge in [0.25, 0.3) is 0 Å². The van der Waals surface area contributed by atoms with Crippen LogP contribution in [0, 0.1) is 5.41 Å². The van der Waals surface area contributed by atoms with Crippen LogP contribution in [0.5, 0.6) is 0 Å². The van der Waals surface area contributed by atoms with Crippen LogP contribution in [-0.2, 0) is 4.79 Å². The molecule has 0 unspecified atom stereocenters. The van der Waals surface area contributed by atoms with Crippen LogP contribution >= 0.6 is 0 Å². The summed E-state index contributed by atoms with van der Waals surface area (Å²) >= 11 is 0. The number of hydrogen-bond acceptors (Lipinski definition) is 4. The second-order valence-electron chi connectivity index (χ2n) is 1.31. The van der Waals surface area contributed by atoms with Crippen LogP contribution in [0.4, 0.5) is 0 Å². The molecule has 0 saturated carbocycles. The van der Waals surface area contributed by atoms with Crippen molar-refractivity contribution in [3.05, 3.63) is 0 Å². The molecule has 0 aliphatic heterocycles. The van der Waals surface area contributed by atoms with Crippen LogP contribution < -0.4 is 5.48 Å². The second-order valence-corrected chi connectivity index (χ2v) is 1.31. The number of carbonyl (C=O) groups excluding carboxylic acids is 1. The minimum Gasteiger partial charge on any atom is -0.316 e. The summed E-state index contributed by atoms with van der Waals surface area (Å²) in [4.78, 5) is 9.80. The lowest BCUT2D eigenvalue weighted by Gasteiger charge is -1.99. The van der Waals surface area contributed by atoms with Gasteiger partial charge in [-0.05, 0) is 6.21 Å². The predicted octanol–water partition coefficient (Wildman–Crippen LogP) is -0.428. The van der Waals surface area contributed by atoms with Crippen LogP contribution in [0.1, 0.15) is 6.42 Å². The molecule has 0 heterocycles. The molecule has 0 saturated heterocycles. The summed E-state index contributed by atoms with van der Waals surface area (Å²) in [5.41, 5.74) is 1.73. The van der Waals surface area contributed by atoms with Gasteiger partial charge in [0, 0.05) is 6.42 Å². The van der Waals surface area contributed by atoms with Gasteiger partial charge in [-0.3, -0.25) is 0 Å². The zero-order chi connectivity index (χ0) is 6.41. The monoisotopic (exact) mass is 116 g/mol. The van der Waals surface area contributed by atoms with Crippen LogP contribution in [0.25, 0.3) is 0 Å². The first-order valence-electron chi connectivity index (χ1n) is 2.19. The second kappa shape index (κ2) is 4.42. The van der Waals surface area contributed by atoms with E-state index in [1.807, 2.05) is 0 Å². The van der Waals surface area contributed by atoms with E-state index < -0.39 is 6.04 Å². The number of nitrogens with one attached hydrogen (secondary N) is 2. The quantitative estimate of drug-likeness (QED) is 0.265. The molecule has 46 valence electrons. The van der Waals surface area contributed by atoms with Gasteiger partial charge in [-0.25, -0.2) is 0 Å². The molecule has 0 aliphatic carbocycles. The lowest BCUT2D eigenvalue weighted by atomic mass is 10.3. The van der Waals surface area contributed by atoms with Gasteiger partial charge >= 0.3 is 0 Å². The molecule has 8 heavy (non-hydrogen) atoms. The van der Waals surface area contributed by atoms with Gasteiger partial charge in [0.1, 0.15) is 6.29 Å². The predicted molar refractivity (Wildman–Crippen MR) is 28.2 cm³/mol. The average molecular weight is 116 g/mol. The summed E-state index contributed by atoms with van der Waals surface area (Å²) in [6, 6.07) is -0.618. The highest BCUT2D eigenvalue weighted by atomic mass is 16.5. The third kappa shape index (κ3) is 2.44. The Bertz CT molecular complexity index is 84.1. The van der Waals surface area contributed by atoms with Crippen molar-refractivity contribution >= 4 is 12.5 Å². The van der Waals surface area contributed by atoms with E-state index >= 15 is 0 Å². The standard InChI is InChI=1S/C4H8N2O2/c5-2-1-4(3-7)6-8/h2-6,8H,1H2/t4-/m0/s1. The molecular formula is C4H8N2O2. The highest BCUT2D eigenvalue weighted by Gasteiger charge is 1.99. The topological polar surface area (TPSA) is 73.2 Å². The zero-order valence-corrected chi connectivity index (χ0v) is 4.29. The molecule has 0 fully saturated rings. The van der Waals surface area contributed by atoms with Crippen molar-refractivity contribution in [3.8, 4) is 0 Å². The molecule has 0 aromatic heterocycles. The lowest BCUT2D eigenvalue weighted by molar-refractivity contribution is -0.111. The van der Waals surface area contributed by atoms with Gasteiger partial charge in [-0.1, -0.05) is 0 Å². The first-order chi connectivity index (χ1) is 3.85. The summed E-state index contributed by atoms with van der Waals surface area (Å²) < 4.78 is 0. The first-order valence-corrected chi connectivity index (χ1v) is 2.19. The van der Waals surface area contributed by atoms with E-state index in [1.54, 1.807) is 5.48 Å². The Kier molecular flexibility index (Phi) is 4.01. The summed E-state index contributed by atoms with van der Waals surface area (Å²) in [6.45, 7) is 0. The van der Waals surface area contributed by atoms with Gasteiger partial charge in [0.2, 0.25) is 0 Å². The molecule has 0 amide bonds. The number of aldehydes is 1. The first kappa shape index (κ1) is 7.26. The fourth-order valence-corrected chi connectivity index (χ4v) is 0.266. The summed E-state index contributed by atoms with van der Waals surface area (Å²) in [5, 5.41) is 14.6. The molecule has 4 nitrogen and oxygen atoms in total. The molecule has 0 bridgehead atoms. The van der Waals surface area contributed by atoms with Gasteiger partial charge in [0.05, 0.1) is 6.04 Å². The van der Waals surface area contributed by atoms with Crippen molar-refractivity contribution in [2.45, 2.75) is 12.5 Å². The van der Waals surface area contributed by atoms with E-state index in [-0.39, 0.29) is 6.42 Å². The largest absolute Gasteiger partial charge is 0.316 e. The summed E-state index contributed by atoms with van der Waals surface area (Å²) in [5.74, 6) is 0. The molecule has 1 atom stereocenters. The smallest absolute Gasteiger partial charge is 0.139 e. The SMILES string of the molecule is N=CC[C@@H](C=O)NO. The molecule has 0 rings (SSSR count). The van der Waals surface area contributed by atoms with Crippen LogP contribution in [0.2, 0.25) is 0 Å². The molecule has 0 aliphatic rings. The number of hydroxylamine groups is 1. The van der Waals surface area contributed by atoms with E-state index in [9.17, 15) is 4.79 Å². The maximum Gasteiger partial charge on any atom is 0.139 e. The Labute approximate surface area is 47.0 Å². The molecule has 0 aromatic rings. The van der Waals surface area contributed by atoms with Crippen molar-refractivity contribution in [1.29, 1.82) is 5.41 Å². The molecule has 4 heteroatoms. The van der Waals surface area contributed by atoms with Gasteiger partial charge < -0.3 is 15.4 Å². The van der Waals surface area contributed by atoms with Crippen LogP contribution in [0.15, 0.2) is 0 Å². The number of rotatable bonds is 4. The van der Waals surface area contributed by atoms with E-state index in [2.05, 4.69) is 0 Å². The van der Waals surface area contributed by atoms with E-state index in [0.29, 0.717) is 6.29 Å². The molecular weight excluding hydrogens is 108 g/mol. The van der Waals surface area contributed by atoms with Crippen LogP contribution in [-0.4, -0.2) is 23.7 Å². The minimum atomic E-state index is -0.618. The normalized spacial score (nSPS) is 12.6. The molecule has 0 spiro atoms. The third-order valence-corrected chi connectivity index (χ3v) is 0.702. The Hall–Kier alpha value is -0.740. The fourth-order valence-electron chi connectivity index (χ4n) is 0.266. The van der Waals surface area contributed by atoms with E-state index in [0.717, 1.165) is 6.21 Å². The van der Waals surface area contributed by atoms with E-state index in [1.165, 1.54) is 0 Å². The van der Waals surface area contributed by atoms with Crippen LogP contribution in [0.3, 0.4) is 0 Å². The highest BCUT2D eigenvalue weighted by Crippen LogP contribution is 1.78. The van der Waals surface area contributed by atoms with Crippen molar-refractivity contribution < 1.29 is 10.0 Å². The maximum atomic E-state index is 9.80. The third-order valence-electron chi connectivity index (χ3n) is 0.702. The molecule has 3 N–H and O–H groups in total. The Balaban J connectivity index is 3.35. The Morgan fingerprint density at radius 2 is 2.50 bits per heavy atom. The Morgan fingerprint density at radius 3 is 2.62 bits per heavy atom. The number of carbonyl (C=O) groups is 1. The maximum absolute atomic E-state index is 9.80. The summed E-state index contributed by atoms with van der Waals surface area (Å²) in [6.07, 6.45) is 1.84.